The maximum absolute atomic E-state index is 13.7. The van der Waals surface area contributed by atoms with Crippen LogP contribution < -0.4 is 30.2 Å². The number of nitrogens with zero attached hydrogens (tertiary/aromatic N) is 2. The van der Waals surface area contributed by atoms with E-state index in [9.17, 15) is 53.4 Å². The summed E-state index contributed by atoms with van der Waals surface area (Å²) in [7, 11) is 2.10. The van der Waals surface area contributed by atoms with Crippen LogP contribution in [0.4, 0.5) is 0 Å². The van der Waals surface area contributed by atoms with Gasteiger partial charge >= 0.3 is 23.9 Å². The Morgan fingerprint density at radius 3 is 2.18 bits per heavy atom. The van der Waals surface area contributed by atoms with E-state index in [4.69, 9.17) is 25.8 Å². The maximum Gasteiger partial charge on any atom is 0.353 e. The molecule has 1 unspecified atom stereocenters. The zero-order chi connectivity index (χ0) is 42.1. The first-order chi connectivity index (χ1) is 26.9. The lowest BCUT2D eigenvalue weighted by Crippen LogP contribution is -2.72. The second-order valence-corrected chi connectivity index (χ2v) is 13.8. The largest absolute Gasteiger partial charge is 0.504 e. The van der Waals surface area contributed by atoms with E-state index in [2.05, 4.69) is 25.2 Å². The third-order valence-corrected chi connectivity index (χ3v) is 9.28. The standard InChI is InChI=1S/C36H39ClN5O14P/c1-17(43)54-24-10-6-8-20(29(24)47)34(50)41(15-5-4-14-38-31(48)21-9-7-11-25(55-18(2)44)30(21)56-19(3)45)16-26(46)39-33(57)32(49)40-27-23-13-12-22(37)28(36(52)53)42(23)35(27)51/h6-11,23,27,33,47H,4-5,12-16,57H2,1-3H3,(H,38,48)(H,39,46)(H,40,49)(H,52,53)/t23-,27+,33+/m1/s1. The Hall–Kier alpha value is -6.07. The number of nitrogens with one attached hydrogen (secondary N) is 3. The van der Waals surface area contributed by atoms with Crippen molar-refractivity contribution in [3.05, 3.63) is 58.3 Å². The first-order valence-corrected chi connectivity index (χ1v) is 18.3. The van der Waals surface area contributed by atoms with Gasteiger partial charge in [-0.2, -0.15) is 0 Å². The Kier molecular flexibility index (Phi) is 14.7. The molecule has 4 rings (SSSR count). The number of aliphatic carboxylic acids is 1. The first kappa shape index (κ1) is 43.7. The molecule has 1 saturated heterocycles. The number of hydrogen-bond donors (Lipinski definition) is 5. The lowest BCUT2D eigenvalue weighted by atomic mass is 9.86. The summed E-state index contributed by atoms with van der Waals surface area (Å²) in [4.78, 5) is 114. The molecule has 0 saturated carbocycles. The Balaban J connectivity index is 1.41. The van der Waals surface area contributed by atoms with Crippen molar-refractivity contribution in [1.29, 1.82) is 0 Å². The summed E-state index contributed by atoms with van der Waals surface area (Å²) in [5.74, 6) is -10.1. The second-order valence-electron chi connectivity index (χ2n) is 12.7. The Morgan fingerprint density at radius 2 is 1.54 bits per heavy atom. The molecule has 0 spiro atoms. The monoisotopic (exact) mass is 831 g/mol. The molecule has 0 aliphatic carbocycles. The van der Waals surface area contributed by atoms with Crippen LogP contribution in [0.5, 0.6) is 23.0 Å². The molecule has 1 fully saturated rings. The van der Waals surface area contributed by atoms with Gasteiger partial charge in [0.05, 0.1) is 23.7 Å². The van der Waals surface area contributed by atoms with Gasteiger partial charge in [-0.1, -0.05) is 23.7 Å². The summed E-state index contributed by atoms with van der Waals surface area (Å²) >= 11 is 6.02. The molecule has 0 radical (unpaired) electrons. The number of phenolic OH excluding ortho intramolecular Hbond substituents is 1. The predicted octanol–water partition coefficient (Wildman–Crippen LogP) is 1.16. The van der Waals surface area contributed by atoms with Crippen LogP contribution in [-0.4, -0.2) is 111 Å². The van der Waals surface area contributed by atoms with Crippen LogP contribution in [0.2, 0.25) is 0 Å². The fourth-order valence-electron chi connectivity index (χ4n) is 5.98. The molecule has 4 atom stereocenters. The van der Waals surface area contributed by atoms with Gasteiger partial charge < -0.3 is 45.3 Å². The highest BCUT2D eigenvalue weighted by Crippen LogP contribution is 2.38. The smallest absolute Gasteiger partial charge is 0.353 e. The van der Waals surface area contributed by atoms with Crippen LogP contribution in [0.15, 0.2) is 47.1 Å². The number of phenols is 1. The number of carbonyl (C=O) groups excluding carboxylic acids is 8. The van der Waals surface area contributed by atoms with Gasteiger partial charge in [-0.05, 0) is 49.9 Å². The highest BCUT2D eigenvalue weighted by molar-refractivity contribution is 7.19. The molecule has 2 aromatic carbocycles. The van der Waals surface area contributed by atoms with E-state index in [-0.39, 0.29) is 71.5 Å². The molecule has 304 valence electrons. The van der Waals surface area contributed by atoms with E-state index in [1.165, 1.54) is 36.4 Å². The van der Waals surface area contributed by atoms with Gasteiger partial charge in [0.2, 0.25) is 11.8 Å². The number of fused-ring (bicyclic) bond motifs is 1. The molecule has 19 nitrogen and oxygen atoms in total. The minimum atomic E-state index is -1.38. The summed E-state index contributed by atoms with van der Waals surface area (Å²) in [6, 6.07) is 6.25. The molecule has 5 N–H and O–H groups in total. The van der Waals surface area contributed by atoms with Gasteiger partial charge in [0.25, 0.3) is 17.7 Å². The number of β-lactam (4-membered cyclic amide) rings is 1. The average molecular weight is 832 g/mol. The number of halogens is 1. The van der Waals surface area contributed by atoms with E-state index >= 15 is 0 Å². The number of carbonyl (C=O) groups is 9. The Morgan fingerprint density at radius 1 is 0.930 bits per heavy atom. The van der Waals surface area contributed by atoms with Crippen molar-refractivity contribution in [2.45, 2.75) is 64.3 Å². The summed E-state index contributed by atoms with van der Waals surface area (Å²) in [5.41, 5.74) is -0.758. The molecule has 5 amide bonds. The number of carboxylic acids is 1. The van der Waals surface area contributed by atoms with Crippen LogP contribution in [0.25, 0.3) is 0 Å². The number of esters is 3. The molecule has 0 bridgehead atoms. The van der Waals surface area contributed by atoms with Crippen molar-refractivity contribution in [3.63, 3.8) is 0 Å². The predicted molar refractivity (Wildman–Crippen MR) is 200 cm³/mol. The third-order valence-electron chi connectivity index (χ3n) is 8.44. The molecule has 0 aromatic heterocycles. The van der Waals surface area contributed by atoms with Crippen LogP contribution in [0, 0.1) is 0 Å². The van der Waals surface area contributed by atoms with Gasteiger partial charge in [0.15, 0.2) is 23.0 Å². The normalized spacial score (nSPS) is 16.2. The lowest BCUT2D eigenvalue weighted by Gasteiger charge is -2.49. The molecular weight excluding hydrogens is 793 g/mol. The highest BCUT2D eigenvalue weighted by Gasteiger charge is 2.53. The quantitative estimate of drug-likeness (QED) is 0.0523. The number of benzene rings is 2. The van der Waals surface area contributed by atoms with Gasteiger partial charge in [0, 0.05) is 38.9 Å². The molecule has 2 aliphatic rings. The van der Waals surface area contributed by atoms with E-state index in [1.807, 2.05) is 0 Å². The van der Waals surface area contributed by atoms with Gasteiger partial charge in [-0.3, -0.25) is 43.3 Å². The van der Waals surface area contributed by atoms with Crippen molar-refractivity contribution in [2.24, 2.45) is 0 Å². The molecule has 2 aliphatic heterocycles. The maximum atomic E-state index is 13.7. The summed E-state index contributed by atoms with van der Waals surface area (Å²) in [5, 5.41) is 27.8. The van der Waals surface area contributed by atoms with Gasteiger partial charge in [-0.25, -0.2) is 4.79 Å². The molecule has 2 aromatic rings. The minimum absolute atomic E-state index is 0.0152. The van der Waals surface area contributed by atoms with Crippen LogP contribution in [-0.2, 0) is 33.6 Å². The van der Waals surface area contributed by atoms with Crippen molar-refractivity contribution in [1.82, 2.24) is 25.8 Å². The fourth-order valence-corrected chi connectivity index (χ4v) is 6.54. The number of unbranched alkanes of at least 4 members (excludes halogenated alkanes) is 1. The molecule has 2 heterocycles. The highest BCUT2D eigenvalue weighted by atomic mass is 35.5. The number of amides is 5. The number of ether oxygens (including phenoxy) is 3. The number of aromatic hydroxyl groups is 1. The first-order valence-electron chi connectivity index (χ1n) is 17.3. The van der Waals surface area contributed by atoms with Crippen LogP contribution in [0.1, 0.15) is 67.2 Å². The van der Waals surface area contributed by atoms with E-state index in [0.717, 1.165) is 30.6 Å². The number of allylic oxidation sites excluding steroid dienone is 1. The number of rotatable bonds is 16. The number of para-hydroxylation sites is 2. The summed E-state index contributed by atoms with van der Waals surface area (Å²) in [6.45, 7) is 2.60. The third kappa shape index (κ3) is 10.8. The number of carboxylic acid groups (broad SMARTS) is 1. The van der Waals surface area contributed by atoms with E-state index in [0.29, 0.717) is 6.42 Å². The van der Waals surface area contributed by atoms with Crippen molar-refractivity contribution in [2.75, 3.05) is 19.6 Å². The summed E-state index contributed by atoms with van der Waals surface area (Å²) in [6.07, 6.45) is 0.890. The molecule has 21 heteroatoms. The van der Waals surface area contributed by atoms with Crippen LogP contribution >= 0.6 is 20.8 Å². The topological polar surface area (TPSA) is 264 Å². The van der Waals surface area contributed by atoms with Crippen molar-refractivity contribution in [3.8, 4) is 23.0 Å². The van der Waals surface area contributed by atoms with E-state index in [1.54, 1.807) is 0 Å². The zero-order valence-electron chi connectivity index (χ0n) is 30.8. The minimum Gasteiger partial charge on any atom is -0.504 e. The zero-order valence-corrected chi connectivity index (χ0v) is 32.7. The van der Waals surface area contributed by atoms with Crippen molar-refractivity contribution >= 4 is 74.3 Å². The summed E-state index contributed by atoms with van der Waals surface area (Å²) < 4.78 is 15.2. The Bertz CT molecular complexity index is 2040. The van der Waals surface area contributed by atoms with Gasteiger partial charge in [-0.15, -0.1) is 9.24 Å². The molecule has 57 heavy (non-hydrogen) atoms. The SMILES string of the molecule is CC(=O)Oc1cccc(C(=O)N(CCCCNC(=O)c2cccc(OC(C)=O)c2OC(C)=O)CC(=O)N[C@@H](P)C(=O)N[C@@H]2C(=O)N3C(C(=O)O)=C(Cl)CC[C@H]23)c1O. The van der Waals surface area contributed by atoms with Gasteiger partial charge in [0.1, 0.15) is 17.5 Å². The van der Waals surface area contributed by atoms with Crippen LogP contribution in [0.3, 0.4) is 0 Å². The fraction of sp³-hybridized carbons (Fsp3) is 0.361. The second kappa shape index (κ2) is 19.2. The average Bonchev–Trinajstić information content (AvgIpc) is 3.13. The molecular formula is C36H39ClN5O14P. The van der Waals surface area contributed by atoms with Crippen molar-refractivity contribution < 1.29 is 67.6 Å². The Labute approximate surface area is 332 Å². The number of hydrogen-bond acceptors (Lipinski definition) is 13. The van der Waals surface area contributed by atoms with E-state index < -0.39 is 83.6 Å². The lowest BCUT2D eigenvalue weighted by molar-refractivity contribution is -0.155.